The third-order valence-corrected chi connectivity index (χ3v) is 7.62. The summed E-state index contributed by atoms with van der Waals surface area (Å²) in [6, 6.07) is 9.80. The zero-order chi connectivity index (χ0) is 25.9. The van der Waals surface area contributed by atoms with Crippen LogP contribution in [0.15, 0.2) is 42.5 Å². The lowest BCUT2D eigenvalue weighted by Crippen LogP contribution is -2.59. The third-order valence-electron chi connectivity index (χ3n) is 6.32. The summed E-state index contributed by atoms with van der Waals surface area (Å²) >= 11 is 1.47. The van der Waals surface area contributed by atoms with Crippen molar-refractivity contribution >= 4 is 41.1 Å². The lowest BCUT2D eigenvalue weighted by molar-refractivity contribution is -0.142. The van der Waals surface area contributed by atoms with Gasteiger partial charge in [0.1, 0.15) is 6.04 Å². The Hall–Kier alpha value is -3.37. The summed E-state index contributed by atoms with van der Waals surface area (Å²) in [5.41, 5.74) is 14.8. The highest BCUT2D eigenvalue weighted by molar-refractivity contribution is 8.00. The summed E-state index contributed by atoms with van der Waals surface area (Å²) < 4.78 is 4.14. The fourth-order valence-electron chi connectivity index (χ4n) is 3.83. The smallest absolute Gasteiger partial charge is 0.337 e. The molecule has 0 aliphatic carbocycles. The van der Waals surface area contributed by atoms with Crippen molar-refractivity contribution in [2.75, 3.05) is 18.7 Å². The summed E-state index contributed by atoms with van der Waals surface area (Å²) in [6.07, 6.45) is 2.15. The number of hydrogen-bond acceptors (Lipinski definition) is 7. The monoisotopic (exact) mass is 498 g/mol. The van der Waals surface area contributed by atoms with Gasteiger partial charge in [0.2, 0.25) is 11.8 Å². The number of nitrogens with zero attached hydrogens (tertiary/aromatic N) is 1. The minimum atomic E-state index is -0.822. The Morgan fingerprint density at radius 1 is 1.09 bits per heavy atom. The highest BCUT2D eigenvalue weighted by atomic mass is 32.2. The maximum absolute atomic E-state index is 13.3. The van der Waals surface area contributed by atoms with Crippen molar-refractivity contribution in [2.45, 2.75) is 43.6 Å². The second-order valence-corrected chi connectivity index (χ2v) is 10.3. The molecule has 1 heterocycles. The van der Waals surface area contributed by atoms with Crippen LogP contribution in [-0.4, -0.2) is 58.8 Å². The molecule has 0 saturated heterocycles. The van der Waals surface area contributed by atoms with Crippen LogP contribution in [0, 0.1) is 0 Å². The molecule has 0 aromatic heterocycles. The maximum atomic E-state index is 13.3. The van der Waals surface area contributed by atoms with E-state index in [0.717, 1.165) is 11.1 Å². The molecule has 3 amide bonds. The van der Waals surface area contributed by atoms with Crippen molar-refractivity contribution in [3.05, 3.63) is 64.7 Å². The highest BCUT2D eigenvalue weighted by Crippen LogP contribution is 2.30. The first kappa shape index (κ1) is 26.2. The van der Waals surface area contributed by atoms with Crippen LogP contribution in [0.3, 0.4) is 0 Å². The predicted octanol–water partition coefficient (Wildman–Crippen LogP) is 1.93. The summed E-state index contributed by atoms with van der Waals surface area (Å²) in [5.74, 6) is -1.78. The number of methoxy groups -OCH3 is 1. The molecule has 2 atom stereocenters. The number of ether oxygens (including phenoxy) is 1. The van der Waals surface area contributed by atoms with Crippen molar-refractivity contribution in [2.24, 2.45) is 11.5 Å². The SMILES string of the molecule is COC(=O)c1ccc(C(=O)Nc2ccc3c(c2)CN(C(=O)C(N)C(C)(C)SC)C(C(N)=O)C3)cc1. The molecule has 2 aromatic carbocycles. The van der Waals surface area contributed by atoms with Gasteiger partial charge in [0.15, 0.2) is 0 Å². The number of hydrogen-bond donors (Lipinski definition) is 3. The Labute approximate surface area is 208 Å². The van der Waals surface area contributed by atoms with Crippen LogP contribution in [0.4, 0.5) is 5.69 Å². The molecule has 10 heteroatoms. The Balaban J connectivity index is 1.82. The van der Waals surface area contributed by atoms with E-state index < -0.39 is 28.7 Å². The van der Waals surface area contributed by atoms with E-state index in [1.54, 1.807) is 12.1 Å². The fourth-order valence-corrected chi connectivity index (χ4v) is 4.18. The first-order valence-corrected chi connectivity index (χ1v) is 12.2. The lowest BCUT2D eigenvalue weighted by Gasteiger charge is -2.39. The molecule has 2 unspecified atom stereocenters. The number of amides is 3. The van der Waals surface area contributed by atoms with Crippen LogP contribution in [0.1, 0.15) is 45.7 Å². The number of nitrogens with two attached hydrogens (primary N) is 2. The van der Waals surface area contributed by atoms with Crippen LogP contribution in [0.5, 0.6) is 0 Å². The number of nitrogens with one attached hydrogen (secondary N) is 1. The molecule has 9 nitrogen and oxygen atoms in total. The van der Waals surface area contributed by atoms with E-state index in [1.807, 2.05) is 26.2 Å². The molecule has 1 aliphatic heterocycles. The van der Waals surface area contributed by atoms with Gasteiger partial charge in [-0.1, -0.05) is 6.07 Å². The molecule has 0 spiro atoms. The maximum Gasteiger partial charge on any atom is 0.337 e. The number of thioether (sulfide) groups is 1. The molecule has 1 aliphatic rings. The number of anilines is 1. The molecule has 0 fully saturated rings. The average molecular weight is 499 g/mol. The summed E-state index contributed by atoms with van der Waals surface area (Å²) in [6.45, 7) is 3.91. The molecule has 0 bridgehead atoms. The van der Waals surface area contributed by atoms with Gasteiger partial charge in [-0.3, -0.25) is 14.4 Å². The molecule has 35 heavy (non-hydrogen) atoms. The highest BCUT2D eigenvalue weighted by Gasteiger charge is 2.40. The minimum absolute atomic E-state index is 0.150. The van der Waals surface area contributed by atoms with E-state index in [4.69, 9.17) is 11.5 Å². The van der Waals surface area contributed by atoms with Crippen LogP contribution in [0.2, 0.25) is 0 Å². The van der Waals surface area contributed by atoms with Crippen molar-refractivity contribution in [3.63, 3.8) is 0 Å². The van der Waals surface area contributed by atoms with Gasteiger partial charge in [-0.25, -0.2) is 4.79 Å². The van der Waals surface area contributed by atoms with Gasteiger partial charge >= 0.3 is 5.97 Å². The average Bonchev–Trinajstić information content (AvgIpc) is 2.86. The van der Waals surface area contributed by atoms with Crippen molar-refractivity contribution < 1.29 is 23.9 Å². The largest absolute Gasteiger partial charge is 0.465 e. The van der Waals surface area contributed by atoms with E-state index in [-0.39, 0.29) is 24.8 Å². The number of fused-ring (bicyclic) bond motifs is 1. The van der Waals surface area contributed by atoms with Crippen molar-refractivity contribution in [3.8, 4) is 0 Å². The van der Waals surface area contributed by atoms with E-state index in [1.165, 1.54) is 48.0 Å². The third kappa shape index (κ3) is 5.66. The Bertz CT molecular complexity index is 1150. The topological polar surface area (TPSA) is 145 Å². The van der Waals surface area contributed by atoms with E-state index in [2.05, 4.69) is 10.1 Å². The van der Waals surface area contributed by atoms with E-state index in [9.17, 15) is 19.2 Å². The number of carbonyl (C=O) groups is 4. The zero-order valence-corrected chi connectivity index (χ0v) is 21.0. The first-order chi connectivity index (χ1) is 16.5. The Morgan fingerprint density at radius 3 is 2.29 bits per heavy atom. The van der Waals surface area contributed by atoms with Gasteiger partial charge in [-0.15, -0.1) is 0 Å². The molecular formula is C25H30N4O5S. The molecule has 3 rings (SSSR count). The quantitative estimate of drug-likeness (QED) is 0.495. The van der Waals surface area contributed by atoms with Crippen molar-refractivity contribution in [1.29, 1.82) is 0 Å². The summed E-state index contributed by atoms with van der Waals surface area (Å²) in [4.78, 5) is 51.2. The number of benzene rings is 2. The Kier molecular flexibility index (Phi) is 7.86. The first-order valence-electron chi connectivity index (χ1n) is 11.0. The van der Waals surface area contributed by atoms with Gasteiger partial charge in [0.25, 0.3) is 5.91 Å². The van der Waals surface area contributed by atoms with E-state index in [0.29, 0.717) is 16.8 Å². The Morgan fingerprint density at radius 2 is 1.71 bits per heavy atom. The van der Waals surface area contributed by atoms with Gasteiger partial charge in [-0.05, 0) is 67.6 Å². The molecule has 2 aromatic rings. The van der Waals surface area contributed by atoms with Crippen LogP contribution in [-0.2, 0) is 27.3 Å². The summed E-state index contributed by atoms with van der Waals surface area (Å²) in [7, 11) is 1.29. The van der Waals surface area contributed by atoms with Crippen molar-refractivity contribution in [1.82, 2.24) is 4.90 Å². The zero-order valence-electron chi connectivity index (χ0n) is 20.2. The summed E-state index contributed by atoms with van der Waals surface area (Å²) in [5, 5.41) is 2.83. The fraction of sp³-hybridized carbons (Fsp3) is 0.360. The molecule has 0 saturated carbocycles. The lowest BCUT2D eigenvalue weighted by atomic mass is 9.91. The minimum Gasteiger partial charge on any atom is -0.465 e. The number of carbonyl (C=O) groups excluding carboxylic acids is 4. The molecule has 5 N–H and O–H groups in total. The second-order valence-electron chi connectivity index (χ2n) is 8.88. The number of rotatable bonds is 7. The van der Waals surface area contributed by atoms with Crippen LogP contribution >= 0.6 is 11.8 Å². The molecule has 0 radical (unpaired) electrons. The number of esters is 1. The van der Waals surface area contributed by atoms with Crippen LogP contribution < -0.4 is 16.8 Å². The standard InChI is InChI=1S/C25H30N4O5S/c1-25(2,35-4)20(26)23(32)29-13-17-11-18(10-9-16(17)12-19(29)21(27)30)28-22(31)14-5-7-15(8-6-14)24(33)34-3/h5-11,19-20H,12-13,26H2,1-4H3,(H2,27,30)(H,28,31). The van der Waals surface area contributed by atoms with Crippen LogP contribution in [0.25, 0.3) is 0 Å². The normalized spacial score (nSPS) is 16.1. The molecular weight excluding hydrogens is 468 g/mol. The van der Waals surface area contributed by atoms with Gasteiger partial charge in [0, 0.05) is 29.0 Å². The van der Waals surface area contributed by atoms with E-state index >= 15 is 0 Å². The van der Waals surface area contributed by atoms with Gasteiger partial charge in [-0.2, -0.15) is 11.8 Å². The second kappa shape index (κ2) is 10.5. The number of primary amides is 1. The van der Waals surface area contributed by atoms with Gasteiger partial charge < -0.3 is 26.4 Å². The molecule has 186 valence electrons. The predicted molar refractivity (Wildman–Crippen MR) is 135 cm³/mol. The van der Waals surface area contributed by atoms with Gasteiger partial charge in [0.05, 0.1) is 18.7 Å².